The van der Waals surface area contributed by atoms with Gasteiger partial charge in [-0.15, -0.1) is 0 Å². The van der Waals surface area contributed by atoms with E-state index in [4.69, 9.17) is 61.6 Å². The van der Waals surface area contributed by atoms with Gasteiger partial charge in [-0.05, 0) is 0 Å². The Kier molecular flexibility index (Phi) is 356. The molecule has 0 saturated carbocycles. The summed E-state index contributed by atoms with van der Waals surface area (Å²) in [5, 5.41) is 0. The molecular weight excluding hydrogens is 1590 g/mol. The molecule has 0 heterocycles. The largest absolute Gasteiger partial charge is 2.00 e. The van der Waals surface area contributed by atoms with E-state index in [1.807, 2.05) is 0 Å². The van der Waals surface area contributed by atoms with Gasteiger partial charge in [-0.25, -0.2) is 0 Å². The zero-order valence-electron chi connectivity index (χ0n) is 12.9. The van der Waals surface area contributed by atoms with Crippen molar-refractivity contribution in [2.45, 2.75) is 0 Å². The summed E-state index contributed by atoms with van der Waals surface area (Å²) in [7, 11) is -5.17. The Morgan fingerprint density at radius 1 is 0.742 bits per heavy atom. The topological polar surface area (TPSA) is 354 Å². The van der Waals surface area contributed by atoms with E-state index in [0.29, 0.717) is 0 Å². The fourth-order valence-electron chi connectivity index (χ4n) is 0. The summed E-state index contributed by atoms with van der Waals surface area (Å²) in [5.41, 5.74) is 0. The fraction of sp³-hybridized carbons (Fsp3) is 0. The summed E-state index contributed by atoms with van der Waals surface area (Å²) in [6, 6.07) is 0. The van der Waals surface area contributed by atoms with Crippen LogP contribution >= 0.6 is 0 Å². The minimum atomic E-state index is -5.62. The predicted octanol–water partition coefficient (Wildman–Crippen LogP) is -6.72. The van der Waals surface area contributed by atoms with Crippen molar-refractivity contribution in [1.82, 2.24) is 0 Å². The van der Waals surface area contributed by atoms with Crippen molar-refractivity contribution in [3.8, 4) is 0 Å². The van der Waals surface area contributed by atoms with E-state index in [1.165, 1.54) is 0 Å². The molecule has 0 atom stereocenters. The van der Waals surface area contributed by atoms with Crippen LogP contribution in [0.1, 0.15) is 0 Å². The maximum atomic E-state index is 8.58. The van der Waals surface area contributed by atoms with Crippen LogP contribution in [0, 0.1) is 9.93 Å². The van der Waals surface area contributed by atoms with Crippen LogP contribution in [0.25, 0.3) is 0 Å². The van der Waals surface area contributed by atoms with Crippen molar-refractivity contribution in [2.24, 2.45) is 0 Å². The summed E-state index contributed by atoms with van der Waals surface area (Å²) >= 11 is -11.9. The standard InChI is InChI=1S/2Fe.6Mn.H2O4S.O2.2H2O.10O.4Pb/c;;;;;;;;1-5(2,3)4;1-2;;;;;;;;;;;;;;;;/h;;;;;;;;(H2,1,2,3,4);;2*1H2;;;;;;;;;;;;;;/q+2;+3;;;3*+2;+3;;;;;;;;;;;;;;-1;;;2*+2/p-2. The van der Waals surface area contributed by atoms with Crippen molar-refractivity contribution in [3.63, 3.8) is 0 Å². The molecule has 31 heavy (non-hydrogen) atoms. The molecule has 0 aliphatic carbocycles. The second-order valence-electron chi connectivity index (χ2n) is 1.02. The van der Waals surface area contributed by atoms with Crippen molar-refractivity contribution >= 4 is 114 Å². The van der Waals surface area contributed by atoms with Crippen LogP contribution in [-0.4, -0.2) is 132 Å². The van der Waals surface area contributed by atoms with Crippen LogP contribution in [0.2, 0.25) is 0 Å². The Hall–Kier alpha value is 5.39. The third-order valence-corrected chi connectivity index (χ3v) is 0. The quantitative estimate of drug-likeness (QED) is 0.124. The SMILES string of the molecule is O.O.O=O.O=S(=O)([O-])[O-].[Fe+2].[Fe+3].[Mn+2].[Mn+2].[Mn+2].[Mn+3].[O]=[Mn](=[O])(=[O])[O-].[O]=[Mn]=[O].[O]=[Pb]=[O].[O]=[Pb]=[O].[Pb+2].[Pb+2]. The van der Waals surface area contributed by atoms with Crippen LogP contribution in [-0.2, 0) is 171 Å². The fourth-order valence-corrected chi connectivity index (χ4v) is 0. The van der Waals surface area contributed by atoms with Crippen LogP contribution < -0.4 is 4.19 Å². The van der Waals surface area contributed by atoms with Crippen LogP contribution in [0.15, 0.2) is 0 Å². The second kappa shape index (κ2) is 101. The van der Waals surface area contributed by atoms with E-state index in [1.54, 1.807) is 0 Å². The number of hydrogen-bond donors (Lipinski definition) is 0. The van der Waals surface area contributed by atoms with Gasteiger partial charge < -0.3 is 20.1 Å². The molecule has 0 spiro atoms. The molecule has 0 saturated heterocycles. The van der Waals surface area contributed by atoms with Gasteiger partial charge in [0.1, 0.15) is 0 Å². The molecule has 0 unspecified atom stereocenters. The monoisotopic (exact) mass is 1600 g/mol. The molecule has 0 aromatic rings. The summed E-state index contributed by atoms with van der Waals surface area (Å²) < 4.78 is 119. The number of rotatable bonds is 0. The molecule has 0 aliphatic rings. The molecule has 0 aliphatic heterocycles. The van der Waals surface area contributed by atoms with E-state index in [9.17, 15) is 0 Å². The van der Waals surface area contributed by atoms with E-state index in [0.717, 1.165) is 0 Å². The zero-order chi connectivity index (χ0) is 19.1. The Morgan fingerprint density at radius 2 is 0.742 bits per heavy atom. The van der Waals surface area contributed by atoms with Gasteiger partial charge in [0, 0.05) is 20.3 Å². The van der Waals surface area contributed by atoms with Crippen molar-refractivity contribution < 1.29 is 193 Å². The summed E-state index contributed by atoms with van der Waals surface area (Å²) in [4.78, 5) is 14.0. The van der Waals surface area contributed by atoms with Gasteiger partial charge in [-0.2, -0.15) is 0 Å². The summed E-state index contributed by atoms with van der Waals surface area (Å²) in [6.45, 7) is 0. The molecular formula is H4Fe2Mn6O18Pb4S+15. The minimum absolute atomic E-state index is 0. The average Bonchev–Trinajstić information content (AvgIpc) is 2.18. The molecule has 31 heteroatoms. The second-order valence-corrected chi connectivity index (χ2v) is 4.51. The number of hydrogen-bond acceptors (Lipinski definition) is 16. The third kappa shape index (κ3) is 1360. The molecule has 0 rings (SSSR count). The zero-order valence-corrected chi connectivity index (χ0v) is 38.6. The Bertz CT molecular complexity index is 533. The maximum Gasteiger partial charge on any atom is 2.00 e. The van der Waals surface area contributed by atoms with Crippen LogP contribution in [0.4, 0.5) is 0 Å². The third-order valence-electron chi connectivity index (χ3n) is 0. The first-order chi connectivity index (χ1) is 9.24. The Morgan fingerprint density at radius 3 is 0.742 bits per heavy atom. The molecule has 177 valence electrons. The smallest absolute Gasteiger partial charge is 2.00 e. The van der Waals surface area contributed by atoms with E-state index >= 15 is 0 Å². The van der Waals surface area contributed by atoms with Gasteiger partial charge in [0.25, 0.3) is 0 Å². The average molecular weight is 1590 g/mol. The van der Waals surface area contributed by atoms with Crippen LogP contribution in [0.3, 0.4) is 0 Å². The maximum absolute atomic E-state index is 8.58. The first-order valence-electron chi connectivity index (χ1n) is 2.58. The van der Waals surface area contributed by atoms with E-state index < -0.39 is 86.7 Å². The molecule has 0 amide bonds. The normalized spacial score (nSPS) is 4.74. The first-order valence-corrected chi connectivity index (χ1v) is 13.1. The molecule has 18 nitrogen and oxygen atoms in total. The van der Waals surface area contributed by atoms with Gasteiger partial charge in [0.2, 0.25) is 0 Å². The minimum Gasteiger partial charge on any atom is 2.00 e. The molecule has 0 aromatic heterocycles. The predicted molar refractivity (Wildman–Crippen MR) is 53.6 cm³/mol. The Labute approximate surface area is 310 Å². The van der Waals surface area contributed by atoms with Gasteiger partial charge in [-0.3, -0.25) is 8.42 Å². The summed E-state index contributed by atoms with van der Waals surface area (Å²) in [5.74, 6) is 0. The van der Waals surface area contributed by atoms with Crippen molar-refractivity contribution in [1.29, 1.82) is 0 Å². The molecule has 0 bridgehead atoms. The first kappa shape index (κ1) is 110. The Balaban J connectivity index is -0.00000000596. The van der Waals surface area contributed by atoms with Gasteiger partial charge in [0.15, 0.2) is 0 Å². The van der Waals surface area contributed by atoms with E-state index in [-0.39, 0.29) is 168 Å². The molecule has 8 radical (unpaired) electrons. The summed E-state index contributed by atoms with van der Waals surface area (Å²) in [6.07, 6.45) is 0. The molecule has 0 aromatic carbocycles. The van der Waals surface area contributed by atoms with Crippen LogP contribution in [0.5, 0.6) is 0 Å². The van der Waals surface area contributed by atoms with E-state index in [2.05, 4.69) is 0 Å². The molecule has 0 fully saturated rings. The van der Waals surface area contributed by atoms with Gasteiger partial charge in [0.05, 0.1) is 0 Å². The molecule has 4 N–H and O–H groups in total. The van der Waals surface area contributed by atoms with Gasteiger partial charge in [-0.1, -0.05) is 0 Å². The van der Waals surface area contributed by atoms with Crippen molar-refractivity contribution in [2.75, 3.05) is 0 Å². The van der Waals surface area contributed by atoms with Crippen molar-refractivity contribution in [3.05, 3.63) is 9.93 Å². The van der Waals surface area contributed by atoms with Gasteiger partial charge >= 0.3 is 267 Å².